The second-order valence-corrected chi connectivity index (χ2v) is 5.23. The maximum absolute atomic E-state index is 13.6. The number of halogens is 3. The van der Waals surface area contributed by atoms with Gasteiger partial charge >= 0.3 is 0 Å². The van der Waals surface area contributed by atoms with Crippen molar-refractivity contribution in [3.8, 4) is 0 Å². The van der Waals surface area contributed by atoms with Gasteiger partial charge in [0.05, 0.1) is 0 Å². The highest BCUT2D eigenvalue weighted by atomic mass is 35.5. The zero-order valence-electron chi connectivity index (χ0n) is 11.1. The van der Waals surface area contributed by atoms with Gasteiger partial charge in [0.15, 0.2) is 0 Å². The molecule has 0 aromatic heterocycles. The molecule has 1 aliphatic heterocycles. The summed E-state index contributed by atoms with van der Waals surface area (Å²) in [6.07, 6.45) is 2.23. The molecular weight excluding hydrogens is 270 g/mol. The molecule has 2 unspecified atom stereocenters. The van der Waals surface area contributed by atoms with Gasteiger partial charge in [0, 0.05) is 30.8 Å². The summed E-state index contributed by atoms with van der Waals surface area (Å²) in [7, 11) is 0. The molecule has 1 aromatic carbocycles. The fourth-order valence-corrected chi connectivity index (χ4v) is 2.55. The molecule has 1 saturated heterocycles. The molecule has 5 heteroatoms. The Hall–Kier alpha value is -0.710. The van der Waals surface area contributed by atoms with Crippen molar-refractivity contribution in [3.63, 3.8) is 0 Å². The number of hydrogen-bond donors (Lipinski definition) is 1. The Morgan fingerprint density at radius 3 is 2.79 bits per heavy atom. The molecule has 19 heavy (non-hydrogen) atoms. The molecular formula is C14H21ClF2N2. The van der Waals surface area contributed by atoms with Crippen LogP contribution in [0.5, 0.6) is 0 Å². The number of hydrogen-bond acceptors (Lipinski definition) is 2. The van der Waals surface area contributed by atoms with Crippen molar-refractivity contribution in [2.45, 2.75) is 32.4 Å². The summed E-state index contributed by atoms with van der Waals surface area (Å²) in [6, 6.07) is 3.96. The van der Waals surface area contributed by atoms with Crippen molar-refractivity contribution in [3.05, 3.63) is 35.4 Å². The zero-order chi connectivity index (χ0) is 13.1. The minimum atomic E-state index is -0.525. The number of benzene rings is 1. The Morgan fingerprint density at radius 2 is 2.16 bits per heavy atom. The van der Waals surface area contributed by atoms with Crippen molar-refractivity contribution in [1.29, 1.82) is 0 Å². The summed E-state index contributed by atoms with van der Waals surface area (Å²) < 4.78 is 26.4. The van der Waals surface area contributed by atoms with Gasteiger partial charge in [0.2, 0.25) is 0 Å². The van der Waals surface area contributed by atoms with Crippen LogP contribution in [-0.2, 0) is 6.54 Å². The molecule has 0 saturated carbocycles. The van der Waals surface area contributed by atoms with Crippen molar-refractivity contribution in [2.24, 2.45) is 11.7 Å². The molecule has 2 rings (SSSR count). The fourth-order valence-electron chi connectivity index (χ4n) is 2.55. The monoisotopic (exact) mass is 290 g/mol. The normalized spacial score (nSPS) is 21.8. The quantitative estimate of drug-likeness (QED) is 0.927. The summed E-state index contributed by atoms with van der Waals surface area (Å²) in [5.41, 5.74) is 6.48. The SMILES string of the molecule is CC(N)C1CCCN(Cc2ccc(F)cc2F)C1.Cl. The molecule has 0 radical (unpaired) electrons. The number of nitrogens with two attached hydrogens (primary N) is 1. The molecule has 0 amide bonds. The molecule has 108 valence electrons. The maximum atomic E-state index is 13.6. The van der Waals surface area contributed by atoms with Gasteiger partial charge in [-0.1, -0.05) is 6.07 Å². The van der Waals surface area contributed by atoms with Crippen LogP contribution in [0.3, 0.4) is 0 Å². The molecule has 1 aliphatic rings. The number of rotatable bonds is 3. The van der Waals surface area contributed by atoms with E-state index in [-0.39, 0.29) is 18.4 Å². The lowest BCUT2D eigenvalue weighted by Gasteiger charge is -2.34. The lowest BCUT2D eigenvalue weighted by Crippen LogP contribution is -2.42. The van der Waals surface area contributed by atoms with Crippen molar-refractivity contribution in [2.75, 3.05) is 13.1 Å². The van der Waals surface area contributed by atoms with Gasteiger partial charge < -0.3 is 5.73 Å². The van der Waals surface area contributed by atoms with Crippen LogP contribution in [-0.4, -0.2) is 24.0 Å². The van der Waals surface area contributed by atoms with E-state index in [1.165, 1.54) is 12.1 Å². The minimum absolute atomic E-state index is 0. The van der Waals surface area contributed by atoms with E-state index in [1.54, 1.807) is 0 Å². The van der Waals surface area contributed by atoms with E-state index in [2.05, 4.69) is 4.90 Å². The Balaban J connectivity index is 0.00000180. The maximum Gasteiger partial charge on any atom is 0.130 e. The third-order valence-electron chi connectivity index (χ3n) is 3.69. The summed E-state index contributed by atoms with van der Waals surface area (Å²) in [5.74, 6) is -0.511. The highest BCUT2D eigenvalue weighted by molar-refractivity contribution is 5.85. The molecule has 0 aliphatic carbocycles. The first-order chi connectivity index (χ1) is 8.56. The van der Waals surface area contributed by atoms with E-state index in [0.29, 0.717) is 18.0 Å². The molecule has 0 bridgehead atoms. The third-order valence-corrected chi connectivity index (χ3v) is 3.69. The number of likely N-dealkylation sites (tertiary alicyclic amines) is 1. The van der Waals surface area contributed by atoms with Crippen LogP contribution in [0.4, 0.5) is 8.78 Å². The zero-order valence-corrected chi connectivity index (χ0v) is 11.9. The minimum Gasteiger partial charge on any atom is -0.328 e. The van der Waals surface area contributed by atoms with Gasteiger partial charge in [0.1, 0.15) is 11.6 Å². The van der Waals surface area contributed by atoms with Crippen LogP contribution in [0.2, 0.25) is 0 Å². The standard InChI is InChI=1S/C14H20F2N2.ClH/c1-10(17)11-3-2-6-18(8-11)9-12-4-5-13(15)7-14(12)16;/h4-5,7,10-11H,2-3,6,8-9,17H2,1H3;1H. The van der Waals surface area contributed by atoms with Crippen LogP contribution in [0.1, 0.15) is 25.3 Å². The predicted octanol–water partition coefficient (Wildman–Crippen LogP) is 2.95. The van der Waals surface area contributed by atoms with E-state index < -0.39 is 11.6 Å². The van der Waals surface area contributed by atoms with Crippen LogP contribution in [0, 0.1) is 17.6 Å². The van der Waals surface area contributed by atoms with E-state index >= 15 is 0 Å². The Morgan fingerprint density at radius 1 is 1.42 bits per heavy atom. The lowest BCUT2D eigenvalue weighted by atomic mass is 9.92. The summed E-state index contributed by atoms with van der Waals surface area (Å²) in [6.45, 7) is 4.41. The summed E-state index contributed by atoms with van der Waals surface area (Å²) in [4.78, 5) is 2.20. The molecule has 1 aromatic rings. The van der Waals surface area contributed by atoms with Crippen molar-refractivity contribution in [1.82, 2.24) is 4.90 Å². The van der Waals surface area contributed by atoms with Gasteiger partial charge in [-0.15, -0.1) is 12.4 Å². The molecule has 0 spiro atoms. The Labute approximate surface area is 119 Å². The van der Waals surface area contributed by atoms with Gasteiger partial charge in [0.25, 0.3) is 0 Å². The van der Waals surface area contributed by atoms with Crippen LogP contribution in [0.25, 0.3) is 0 Å². The second kappa shape index (κ2) is 7.17. The largest absolute Gasteiger partial charge is 0.328 e. The highest BCUT2D eigenvalue weighted by Gasteiger charge is 2.23. The number of nitrogens with zero attached hydrogens (tertiary/aromatic N) is 1. The highest BCUT2D eigenvalue weighted by Crippen LogP contribution is 2.21. The molecule has 1 fully saturated rings. The summed E-state index contributed by atoms with van der Waals surface area (Å²) >= 11 is 0. The topological polar surface area (TPSA) is 29.3 Å². The van der Waals surface area contributed by atoms with E-state index in [4.69, 9.17) is 5.73 Å². The van der Waals surface area contributed by atoms with Gasteiger partial charge in [-0.3, -0.25) is 4.90 Å². The van der Waals surface area contributed by atoms with Gasteiger partial charge in [-0.25, -0.2) is 8.78 Å². The lowest BCUT2D eigenvalue weighted by molar-refractivity contribution is 0.153. The molecule has 2 nitrogen and oxygen atoms in total. The first kappa shape index (κ1) is 16.3. The van der Waals surface area contributed by atoms with E-state index in [1.807, 2.05) is 6.92 Å². The van der Waals surface area contributed by atoms with Crippen LogP contribution >= 0.6 is 12.4 Å². The van der Waals surface area contributed by atoms with Crippen LogP contribution < -0.4 is 5.73 Å². The number of piperidine rings is 1. The second-order valence-electron chi connectivity index (χ2n) is 5.23. The summed E-state index contributed by atoms with van der Waals surface area (Å²) in [5, 5.41) is 0. The van der Waals surface area contributed by atoms with Gasteiger partial charge in [-0.2, -0.15) is 0 Å². The van der Waals surface area contributed by atoms with Crippen molar-refractivity contribution < 1.29 is 8.78 Å². The molecule has 1 heterocycles. The van der Waals surface area contributed by atoms with E-state index in [9.17, 15) is 8.78 Å². The molecule has 2 atom stereocenters. The predicted molar refractivity (Wildman–Crippen MR) is 75.3 cm³/mol. The smallest absolute Gasteiger partial charge is 0.130 e. The third kappa shape index (κ3) is 4.41. The van der Waals surface area contributed by atoms with Crippen LogP contribution in [0.15, 0.2) is 18.2 Å². The Kier molecular flexibility index (Phi) is 6.17. The average molecular weight is 291 g/mol. The first-order valence-corrected chi connectivity index (χ1v) is 6.48. The van der Waals surface area contributed by atoms with Gasteiger partial charge in [-0.05, 0) is 38.3 Å². The van der Waals surface area contributed by atoms with E-state index in [0.717, 1.165) is 32.0 Å². The first-order valence-electron chi connectivity index (χ1n) is 6.48. The Bertz CT molecular complexity index is 412. The average Bonchev–Trinajstić information content (AvgIpc) is 2.33. The molecule has 2 N–H and O–H groups in total. The fraction of sp³-hybridized carbons (Fsp3) is 0.571. The van der Waals surface area contributed by atoms with Crippen molar-refractivity contribution >= 4 is 12.4 Å².